The number of nitrogens with zero attached hydrogens (tertiary/aromatic N) is 1. The van der Waals surface area contributed by atoms with E-state index in [9.17, 15) is 9.90 Å². The maximum absolute atomic E-state index is 12.3. The lowest BCUT2D eigenvalue weighted by Crippen LogP contribution is -2.30. The number of carbonyl (C=O) groups excluding carboxylic acids is 1. The molecule has 1 heterocycles. The van der Waals surface area contributed by atoms with Crippen molar-refractivity contribution >= 4 is 34.8 Å². The number of anilines is 1. The molecule has 1 amide bonds. The third-order valence-corrected chi connectivity index (χ3v) is 4.36. The van der Waals surface area contributed by atoms with Gasteiger partial charge in [0.1, 0.15) is 0 Å². The minimum absolute atomic E-state index is 0.201. The van der Waals surface area contributed by atoms with Crippen LogP contribution < -0.4 is 5.73 Å². The first kappa shape index (κ1) is 15.2. The van der Waals surface area contributed by atoms with Crippen LogP contribution >= 0.6 is 23.2 Å². The molecule has 114 valence electrons. The Kier molecular flexibility index (Phi) is 4.00. The highest BCUT2D eigenvalue weighted by molar-refractivity contribution is 6.35. The second-order valence-electron chi connectivity index (χ2n) is 5.20. The molecule has 0 aromatic heterocycles. The van der Waals surface area contributed by atoms with Crippen LogP contribution in [-0.2, 0) is 6.42 Å². The van der Waals surface area contributed by atoms with Crippen molar-refractivity contribution in [2.75, 3.05) is 12.3 Å². The highest BCUT2D eigenvalue weighted by atomic mass is 35.5. The number of aliphatic hydroxyl groups excluding tert-OH is 1. The Balaban J connectivity index is 1.78. The number of nitrogens with two attached hydrogens (primary N) is 1. The van der Waals surface area contributed by atoms with Gasteiger partial charge in [0, 0.05) is 33.4 Å². The largest absolute Gasteiger partial charge is 0.399 e. The smallest absolute Gasteiger partial charge is 0.256 e. The molecule has 6 heteroatoms. The molecule has 2 aromatic rings. The molecule has 0 radical (unpaired) electrons. The van der Waals surface area contributed by atoms with E-state index in [-0.39, 0.29) is 5.91 Å². The number of hydrogen-bond donors (Lipinski definition) is 2. The van der Waals surface area contributed by atoms with Gasteiger partial charge in [-0.15, -0.1) is 0 Å². The Labute approximate surface area is 138 Å². The lowest BCUT2D eigenvalue weighted by Gasteiger charge is -2.21. The van der Waals surface area contributed by atoms with E-state index in [1.165, 1.54) is 4.90 Å². The van der Waals surface area contributed by atoms with Crippen molar-refractivity contribution in [3.63, 3.8) is 0 Å². The van der Waals surface area contributed by atoms with Gasteiger partial charge in [0.25, 0.3) is 5.91 Å². The van der Waals surface area contributed by atoms with E-state index >= 15 is 0 Å². The van der Waals surface area contributed by atoms with Crippen LogP contribution in [0.2, 0.25) is 10.0 Å². The average Bonchev–Trinajstić information content (AvgIpc) is 2.70. The number of aliphatic hydroxyl groups is 1. The molecule has 0 saturated carbocycles. The van der Waals surface area contributed by atoms with E-state index in [1.807, 2.05) is 6.07 Å². The fourth-order valence-corrected chi connectivity index (χ4v) is 3.12. The van der Waals surface area contributed by atoms with Gasteiger partial charge in [-0.1, -0.05) is 29.3 Å². The quantitative estimate of drug-likeness (QED) is 0.845. The van der Waals surface area contributed by atoms with Crippen LogP contribution in [0.5, 0.6) is 0 Å². The van der Waals surface area contributed by atoms with Gasteiger partial charge >= 0.3 is 0 Å². The maximum Gasteiger partial charge on any atom is 0.256 e. The third kappa shape index (κ3) is 2.65. The van der Waals surface area contributed by atoms with Crippen molar-refractivity contribution < 1.29 is 9.90 Å². The van der Waals surface area contributed by atoms with Crippen molar-refractivity contribution in [2.24, 2.45) is 0 Å². The summed E-state index contributed by atoms with van der Waals surface area (Å²) in [6, 6.07) is 10.2. The van der Waals surface area contributed by atoms with Crippen molar-refractivity contribution in [1.82, 2.24) is 4.90 Å². The van der Waals surface area contributed by atoms with E-state index in [1.54, 1.807) is 30.3 Å². The number of hydrogen-bond acceptors (Lipinski definition) is 3. The van der Waals surface area contributed by atoms with Crippen molar-refractivity contribution in [2.45, 2.75) is 12.6 Å². The number of halogens is 2. The SMILES string of the molecule is Nc1ccc2c(c1)C(O)N(CCc1ccc(Cl)cc1Cl)C2=O. The molecule has 1 aliphatic heterocycles. The molecule has 1 aliphatic rings. The predicted octanol–water partition coefficient (Wildman–Crippen LogP) is 3.27. The van der Waals surface area contributed by atoms with Crippen LogP contribution in [0.15, 0.2) is 36.4 Å². The van der Waals surface area contributed by atoms with Crippen LogP contribution in [0.4, 0.5) is 5.69 Å². The number of fused-ring (bicyclic) bond motifs is 1. The van der Waals surface area contributed by atoms with Crippen LogP contribution in [0.1, 0.15) is 27.7 Å². The molecule has 3 rings (SSSR count). The normalized spacial score (nSPS) is 17.0. The highest BCUT2D eigenvalue weighted by Crippen LogP contribution is 2.33. The third-order valence-electron chi connectivity index (χ3n) is 3.78. The molecule has 4 nitrogen and oxygen atoms in total. The minimum Gasteiger partial charge on any atom is -0.399 e. The van der Waals surface area contributed by atoms with Gasteiger partial charge in [0.15, 0.2) is 6.23 Å². The molecule has 3 N–H and O–H groups in total. The molecule has 0 aliphatic carbocycles. The average molecular weight is 337 g/mol. The summed E-state index contributed by atoms with van der Waals surface area (Å²) in [5.74, 6) is -0.201. The Bertz CT molecular complexity index is 749. The Morgan fingerprint density at radius 1 is 1.18 bits per heavy atom. The van der Waals surface area contributed by atoms with Gasteiger partial charge in [0.2, 0.25) is 0 Å². The van der Waals surface area contributed by atoms with E-state index in [2.05, 4.69) is 0 Å². The summed E-state index contributed by atoms with van der Waals surface area (Å²) in [6.45, 7) is 0.357. The topological polar surface area (TPSA) is 66.6 Å². The molecule has 0 bridgehead atoms. The second kappa shape index (κ2) is 5.80. The summed E-state index contributed by atoms with van der Waals surface area (Å²) in [6.07, 6.45) is -0.445. The zero-order valence-corrected chi connectivity index (χ0v) is 13.1. The van der Waals surface area contributed by atoms with Crippen LogP contribution in [-0.4, -0.2) is 22.5 Å². The lowest BCUT2D eigenvalue weighted by atomic mass is 10.1. The molecule has 1 unspecified atom stereocenters. The van der Waals surface area contributed by atoms with Gasteiger partial charge in [-0.05, 0) is 42.3 Å². The van der Waals surface area contributed by atoms with E-state index < -0.39 is 6.23 Å². The van der Waals surface area contributed by atoms with Crippen molar-refractivity contribution in [3.05, 3.63) is 63.1 Å². The number of rotatable bonds is 3. The highest BCUT2D eigenvalue weighted by Gasteiger charge is 2.35. The number of benzene rings is 2. The van der Waals surface area contributed by atoms with Gasteiger partial charge in [-0.25, -0.2) is 0 Å². The molecule has 0 fully saturated rings. The first-order chi connectivity index (χ1) is 10.5. The summed E-state index contributed by atoms with van der Waals surface area (Å²) < 4.78 is 0. The van der Waals surface area contributed by atoms with Crippen molar-refractivity contribution in [1.29, 1.82) is 0 Å². The van der Waals surface area contributed by atoms with Gasteiger partial charge in [-0.2, -0.15) is 0 Å². The zero-order chi connectivity index (χ0) is 15.9. The zero-order valence-electron chi connectivity index (χ0n) is 11.6. The van der Waals surface area contributed by atoms with Gasteiger partial charge < -0.3 is 15.7 Å². The number of carbonyl (C=O) groups is 1. The van der Waals surface area contributed by atoms with Gasteiger partial charge in [0.05, 0.1) is 0 Å². The monoisotopic (exact) mass is 336 g/mol. The number of amides is 1. The maximum atomic E-state index is 12.3. The summed E-state index contributed by atoms with van der Waals surface area (Å²) in [5.41, 5.74) is 8.15. The number of nitrogen functional groups attached to an aromatic ring is 1. The van der Waals surface area contributed by atoms with E-state index in [0.717, 1.165) is 5.56 Å². The second-order valence-corrected chi connectivity index (χ2v) is 6.05. The fourth-order valence-electron chi connectivity index (χ4n) is 2.61. The summed E-state index contributed by atoms with van der Waals surface area (Å²) in [4.78, 5) is 13.8. The molecular weight excluding hydrogens is 323 g/mol. The minimum atomic E-state index is -0.975. The predicted molar refractivity (Wildman–Crippen MR) is 87.0 cm³/mol. The van der Waals surface area contributed by atoms with Crippen molar-refractivity contribution in [3.8, 4) is 0 Å². The van der Waals surface area contributed by atoms with Crippen LogP contribution in [0.25, 0.3) is 0 Å². The first-order valence-corrected chi connectivity index (χ1v) is 7.55. The molecule has 0 saturated heterocycles. The first-order valence-electron chi connectivity index (χ1n) is 6.80. The molecule has 0 spiro atoms. The van der Waals surface area contributed by atoms with E-state index in [4.69, 9.17) is 28.9 Å². The lowest BCUT2D eigenvalue weighted by molar-refractivity contribution is 0.0182. The Hall–Kier alpha value is -1.75. The summed E-state index contributed by atoms with van der Waals surface area (Å²) >= 11 is 12.0. The molecular formula is C16H14Cl2N2O2. The molecule has 22 heavy (non-hydrogen) atoms. The Morgan fingerprint density at radius 3 is 2.68 bits per heavy atom. The Morgan fingerprint density at radius 2 is 1.95 bits per heavy atom. The van der Waals surface area contributed by atoms with Crippen LogP contribution in [0.3, 0.4) is 0 Å². The standard InChI is InChI=1S/C16H14Cl2N2O2/c17-10-2-1-9(14(18)7-10)5-6-20-15(21)12-4-3-11(19)8-13(12)16(20)22/h1-4,7-8,16,22H,5-6,19H2. The molecule has 2 aromatic carbocycles. The summed E-state index contributed by atoms with van der Waals surface area (Å²) in [5, 5.41) is 11.4. The molecule has 1 atom stereocenters. The van der Waals surface area contributed by atoms with Crippen LogP contribution in [0, 0.1) is 0 Å². The summed E-state index contributed by atoms with van der Waals surface area (Å²) in [7, 11) is 0. The fraction of sp³-hybridized carbons (Fsp3) is 0.188. The van der Waals surface area contributed by atoms with Gasteiger partial charge in [-0.3, -0.25) is 4.79 Å². The van der Waals surface area contributed by atoms with E-state index in [0.29, 0.717) is 39.8 Å².